The SMILES string of the molecule is COc1ccc(C)cc1S(=O)(=O)N(CC(=O)N[C@H](C)CCc1ccccc1)c1ccc(C)c(C)c1. The molecule has 0 saturated heterocycles. The Morgan fingerprint density at radius 3 is 2.34 bits per heavy atom. The number of carbonyl (C=O) groups excluding carboxylic acids is 1. The quantitative estimate of drug-likeness (QED) is 0.433. The summed E-state index contributed by atoms with van der Waals surface area (Å²) in [6.07, 6.45) is 1.57. The van der Waals surface area contributed by atoms with E-state index in [1.165, 1.54) is 12.7 Å². The van der Waals surface area contributed by atoms with Gasteiger partial charge in [0.1, 0.15) is 17.2 Å². The lowest BCUT2D eigenvalue weighted by atomic mass is 10.1. The zero-order valence-electron chi connectivity index (χ0n) is 21.0. The first-order valence-electron chi connectivity index (χ1n) is 11.7. The number of sulfonamides is 1. The van der Waals surface area contributed by atoms with Crippen molar-refractivity contribution in [3.63, 3.8) is 0 Å². The van der Waals surface area contributed by atoms with Crippen molar-refractivity contribution in [3.05, 3.63) is 89.0 Å². The van der Waals surface area contributed by atoms with Gasteiger partial charge < -0.3 is 10.1 Å². The molecule has 0 aromatic heterocycles. The maximum absolute atomic E-state index is 13.9. The maximum Gasteiger partial charge on any atom is 0.268 e. The molecular weight excluding hydrogens is 460 g/mol. The highest BCUT2D eigenvalue weighted by Crippen LogP contribution is 2.31. The average Bonchev–Trinajstić information content (AvgIpc) is 2.83. The summed E-state index contributed by atoms with van der Waals surface area (Å²) in [5, 5.41) is 2.96. The highest BCUT2D eigenvalue weighted by molar-refractivity contribution is 7.93. The van der Waals surface area contributed by atoms with Gasteiger partial charge in [-0.15, -0.1) is 0 Å². The van der Waals surface area contributed by atoms with Crippen LogP contribution in [0.3, 0.4) is 0 Å². The fraction of sp³-hybridized carbons (Fsp3) is 0.321. The highest BCUT2D eigenvalue weighted by atomic mass is 32.2. The van der Waals surface area contributed by atoms with Gasteiger partial charge in [-0.2, -0.15) is 0 Å². The number of anilines is 1. The third-order valence-corrected chi connectivity index (χ3v) is 7.86. The topological polar surface area (TPSA) is 75.7 Å². The number of rotatable bonds is 10. The number of benzene rings is 3. The van der Waals surface area contributed by atoms with Crippen LogP contribution in [0.5, 0.6) is 5.75 Å². The van der Waals surface area contributed by atoms with E-state index in [1.807, 2.05) is 52.0 Å². The lowest BCUT2D eigenvalue weighted by Crippen LogP contribution is -2.43. The second kappa shape index (κ2) is 11.4. The molecule has 35 heavy (non-hydrogen) atoms. The fourth-order valence-corrected chi connectivity index (χ4v) is 5.51. The van der Waals surface area contributed by atoms with E-state index in [0.717, 1.165) is 33.8 Å². The molecule has 1 N–H and O–H groups in total. The predicted octanol–water partition coefficient (Wildman–Crippen LogP) is 4.95. The molecule has 0 spiro atoms. The Morgan fingerprint density at radius 2 is 1.69 bits per heavy atom. The Bertz CT molecular complexity index is 1270. The zero-order chi connectivity index (χ0) is 25.6. The summed E-state index contributed by atoms with van der Waals surface area (Å²) in [7, 11) is -2.65. The third-order valence-electron chi connectivity index (χ3n) is 6.07. The van der Waals surface area contributed by atoms with E-state index in [-0.39, 0.29) is 29.1 Å². The molecule has 0 aliphatic heterocycles. The van der Waals surface area contributed by atoms with Crippen molar-refractivity contribution in [2.45, 2.75) is 51.5 Å². The van der Waals surface area contributed by atoms with Gasteiger partial charge in [-0.3, -0.25) is 9.10 Å². The van der Waals surface area contributed by atoms with Gasteiger partial charge in [-0.25, -0.2) is 8.42 Å². The summed E-state index contributed by atoms with van der Waals surface area (Å²) < 4.78 is 34.2. The molecular formula is C28H34N2O4S. The van der Waals surface area contributed by atoms with Crippen LogP contribution in [0.4, 0.5) is 5.69 Å². The molecule has 0 unspecified atom stereocenters. The summed E-state index contributed by atoms with van der Waals surface area (Å²) in [6.45, 7) is 7.29. The van der Waals surface area contributed by atoms with E-state index in [0.29, 0.717) is 5.69 Å². The number of methoxy groups -OCH3 is 1. The van der Waals surface area contributed by atoms with Crippen LogP contribution >= 0.6 is 0 Å². The van der Waals surface area contributed by atoms with Crippen LogP contribution in [0.2, 0.25) is 0 Å². The first kappa shape index (κ1) is 26.3. The standard InChI is InChI=1S/C28H34N2O4S/c1-20-11-16-26(34-5)27(17-20)35(32,33)30(25-15-12-21(2)22(3)18-25)19-28(31)29-23(4)13-14-24-9-7-6-8-10-24/h6-12,15-18,23H,13-14,19H2,1-5H3,(H,29,31)/t23-/m1/s1. The molecule has 3 aromatic carbocycles. The molecule has 1 amide bonds. The Labute approximate surface area is 209 Å². The van der Waals surface area contributed by atoms with Crippen LogP contribution in [-0.4, -0.2) is 34.0 Å². The van der Waals surface area contributed by atoms with Gasteiger partial charge in [0.05, 0.1) is 12.8 Å². The van der Waals surface area contributed by atoms with Crippen LogP contribution < -0.4 is 14.4 Å². The van der Waals surface area contributed by atoms with Crippen molar-refractivity contribution in [1.29, 1.82) is 0 Å². The molecule has 0 heterocycles. The van der Waals surface area contributed by atoms with E-state index in [9.17, 15) is 13.2 Å². The molecule has 0 aliphatic carbocycles. The molecule has 0 saturated carbocycles. The summed E-state index contributed by atoms with van der Waals surface area (Å²) in [4.78, 5) is 13.1. The van der Waals surface area contributed by atoms with Crippen molar-refractivity contribution in [2.75, 3.05) is 18.0 Å². The Morgan fingerprint density at radius 1 is 0.971 bits per heavy atom. The van der Waals surface area contributed by atoms with E-state index in [2.05, 4.69) is 17.4 Å². The zero-order valence-corrected chi connectivity index (χ0v) is 21.9. The van der Waals surface area contributed by atoms with Crippen LogP contribution in [0.15, 0.2) is 71.6 Å². The minimum Gasteiger partial charge on any atom is -0.495 e. The van der Waals surface area contributed by atoms with Gasteiger partial charge in [0.2, 0.25) is 5.91 Å². The van der Waals surface area contributed by atoms with Crippen LogP contribution in [0.25, 0.3) is 0 Å². The normalized spacial score (nSPS) is 12.1. The second-order valence-corrected chi connectivity index (χ2v) is 10.8. The number of nitrogens with zero attached hydrogens (tertiary/aromatic N) is 1. The third kappa shape index (κ3) is 6.63. The minimum absolute atomic E-state index is 0.0307. The number of ether oxygens (including phenoxy) is 1. The van der Waals surface area contributed by atoms with Crippen LogP contribution in [0.1, 0.15) is 35.6 Å². The molecule has 7 heteroatoms. The minimum atomic E-state index is -4.09. The highest BCUT2D eigenvalue weighted by Gasteiger charge is 2.30. The summed E-state index contributed by atoms with van der Waals surface area (Å²) >= 11 is 0. The van der Waals surface area contributed by atoms with E-state index in [4.69, 9.17) is 4.74 Å². The Kier molecular flexibility index (Phi) is 8.57. The maximum atomic E-state index is 13.9. The average molecular weight is 495 g/mol. The van der Waals surface area contributed by atoms with Crippen molar-refractivity contribution in [1.82, 2.24) is 5.32 Å². The lowest BCUT2D eigenvalue weighted by Gasteiger charge is -2.26. The fourth-order valence-electron chi connectivity index (χ4n) is 3.85. The van der Waals surface area contributed by atoms with Crippen LogP contribution in [0, 0.1) is 20.8 Å². The number of nitrogens with one attached hydrogen (secondary N) is 1. The number of carbonyl (C=O) groups is 1. The van der Waals surface area contributed by atoms with Crippen molar-refractivity contribution >= 4 is 21.6 Å². The molecule has 0 bridgehead atoms. The van der Waals surface area contributed by atoms with Gasteiger partial charge in [0.15, 0.2) is 0 Å². The van der Waals surface area contributed by atoms with Crippen molar-refractivity contribution < 1.29 is 17.9 Å². The largest absolute Gasteiger partial charge is 0.495 e. The number of amides is 1. The number of hydrogen-bond acceptors (Lipinski definition) is 4. The van der Waals surface area contributed by atoms with Gasteiger partial charge >= 0.3 is 0 Å². The predicted molar refractivity (Wildman–Crippen MR) is 141 cm³/mol. The van der Waals surface area contributed by atoms with Gasteiger partial charge in [-0.05, 0) is 87.1 Å². The molecule has 0 aliphatic rings. The number of aryl methyl sites for hydroxylation is 4. The monoisotopic (exact) mass is 494 g/mol. The van der Waals surface area contributed by atoms with E-state index < -0.39 is 10.0 Å². The smallest absolute Gasteiger partial charge is 0.268 e. The van der Waals surface area contributed by atoms with Gasteiger partial charge in [0, 0.05) is 6.04 Å². The summed E-state index contributed by atoms with van der Waals surface area (Å²) in [5.41, 5.74) is 4.39. The molecule has 0 radical (unpaired) electrons. The first-order valence-corrected chi connectivity index (χ1v) is 13.1. The molecule has 3 aromatic rings. The van der Waals surface area contributed by atoms with Crippen molar-refractivity contribution in [3.8, 4) is 5.75 Å². The lowest BCUT2D eigenvalue weighted by molar-refractivity contribution is -0.120. The van der Waals surface area contributed by atoms with E-state index >= 15 is 0 Å². The summed E-state index contributed by atoms with van der Waals surface area (Å²) in [5.74, 6) is -0.125. The first-order chi connectivity index (χ1) is 16.6. The number of hydrogen-bond donors (Lipinski definition) is 1. The Balaban J connectivity index is 1.87. The molecule has 3 rings (SSSR count). The molecule has 6 nitrogen and oxygen atoms in total. The molecule has 0 fully saturated rings. The van der Waals surface area contributed by atoms with E-state index in [1.54, 1.807) is 30.3 Å². The molecule has 186 valence electrons. The van der Waals surface area contributed by atoms with Gasteiger partial charge in [0.25, 0.3) is 10.0 Å². The van der Waals surface area contributed by atoms with Crippen LogP contribution in [-0.2, 0) is 21.2 Å². The van der Waals surface area contributed by atoms with Crippen molar-refractivity contribution in [2.24, 2.45) is 0 Å². The summed E-state index contributed by atoms with van der Waals surface area (Å²) in [6, 6.07) is 20.3. The van der Waals surface area contributed by atoms with Gasteiger partial charge in [-0.1, -0.05) is 42.5 Å². The molecule has 1 atom stereocenters. The Hall–Kier alpha value is -3.32. The second-order valence-electron chi connectivity index (χ2n) is 8.93.